The Morgan fingerprint density at radius 3 is 3.07 bits per heavy atom. The molecule has 2 unspecified atom stereocenters. The third-order valence-electron chi connectivity index (χ3n) is 3.09. The molecule has 0 aliphatic carbocycles. The molecule has 15 heavy (non-hydrogen) atoms. The fourth-order valence-corrected chi connectivity index (χ4v) is 2.28. The molecule has 0 radical (unpaired) electrons. The number of hydrogen-bond acceptors (Lipinski definition) is 3. The summed E-state index contributed by atoms with van der Waals surface area (Å²) in [6.07, 6.45) is 0. The average molecular weight is 201 g/mol. The van der Waals surface area contributed by atoms with Crippen LogP contribution in [0.1, 0.15) is 11.1 Å². The summed E-state index contributed by atoms with van der Waals surface area (Å²) in [5.74, 6) is 1.07. The van der Waals surface area contributed by atoms with Gasteiger partial charge in [0.25, 0.3) is 0 Å². The van der Waals surface area contributed by atoms with Crippen LogP contribution in [0.3, 0.4) is 0 Å². The van der Waals surface area contributed by atoms with Crippen LogP contribution in [-0.2, 0) is 0 Å². The molecule has 0 bridgehead atoms. The zero-order chi connectivity index (χ0) is 10.3. The SMILES string of the molecule is Cc1cccc(C2=NC3CNCC3N2)c1. The summed E-state index contributed by atoms with van der Waals surface area (Å²) in [5, 5.41) is 6.82. The van der Waals surface area contributed by atoms with Gasteiger partial charge in [0.15, 0.2) is 0 Å². The van der Waals surface area contributed by atoms with Gasteiger partial charge >= 0.3 is 0 Å². The standard InChI is InChI=1S/C12H15N3/c1-8-3-2-4-9(5-8)12-14-10-6-13-7-11(10)15-12/h2-5,10-11,13H,6-7H2,1H3,(H,14,15). The molecule has 2 heterocycles. The number of fused-ring (bicyclic) bond motifs is 1. The molecular formula is C12H15N3. The highest BCUT2D eigenvalue weighted by Crippen LogP contribution is 2.15. The van der Waals surface area contributed by atoms with Gasteiger partial charge in [-0.2, -0.15) is 0 Å². The first kappa shape index (κ1) is 8.92. The molecule has 2 aliphatic rings. The van der Waals surface area contributed by atoms with Gasteiger partial charge in [0.05, 0.1) is 12.1 Å². The molecule has 0 aromatic heterocycles. The Morgan fingerprint density at radius 2 is 2.27 bits per heavy atom. The maximum absolute atomic E-state index is 4.70. The van der Waals surface area contributed by atoms with Gasteiger partial charge in [0, 0.05) is 18.7 Å². The summed E-state index contributed by atoms with van der Waals surface area (Å²) < 4.78 is 0. The summed E-state index contributed by atoms with van der Waals surface area (Å²) in [6, 6.07) is 9.43. The summed E-state index contributed by atoms with van der Waals surface area (Å²) in [5.41, 5.74) is 2.50. The van der Waals surface area contributed by atoms with Gasteiger partial charge in [-0.15, -0.1) is 0 Å². The molecule has 1 saturated heterocycles. The van der Waals surface area contributed by atoms with Crippen molar-refractivity contribution >= 4 is 5.84 Å². The molecule has 2 aliphatic heterocycles. The number of nitrogens with zero attached hydrogens (tertiary/aromatic N) is 1. The van der Waals surface area contributed by atoms with Crippen LogP contribution in [0.4, 0.5) is 0 Å². The second kappa shape index (κ2) is 3.35. The minimum Gasteiger partial charge on any atom is -0.364 e. The van der Waals surface area contributed by atoms with Gasteiger partial charge < -0.3 is 10.6 Å². The van der Waals surface area contributed by atoms with Crippen molar-refractivity contribution in [3.05, 3.63) is 35.4 Å². The number of aryl methyl sites for hydroxylation is 1. The van der Waals surface area contributed by atoms with Gasteiger partial charge in [-0.25, -0.2) is 0 Å². The highest BCUT2D eigenvalue weighted by molar-refractivity contribution is 6.00. The van der Waals surface area contributed by atoms with Crippen LogP contribution in [0, 0.1) is 6.92 Å². The molecule has 78 valence electrons. The molecule has 3 heteroatoms. The molecule has 3 rings (SSSR count). The maximum atomic E-state index is 4.70. The van der Waals surface area contributed by atoms with E-state index < -0.39 is 0 Å². The van der Waals surface area contributed by atoms with Crippen LogP contribution in [-0.4, -0.2) is 31.0 Å². The van der Waals surface area contributed by atoms with Crippen molar-refractivity contribution in [2.24, 2.45) is 4.99 Å². The number of benzene rings is 1. The Kier molecular flexibility index (Phi) is 1.99. The Labute approximate surface area is 89.6 Å². The lowest BCUT2D eigenvalue weighted by atomic mass is 10.1. The summed E-state index contributed by atoms with van der Waals surface area (Å²) in [6.45, 7) is 4.15. The van der Waals surface area contributed by atoms with Gasteiger partial charge in [-0.1, -0.05) is 23.8 Å². The van der Waals surface area contributed by atoms with E-state index in [1.165, 1.54) is 11.1 Å². The van der Waals surface area contributed by atoms with Crippen molar-refractivity contribution in [2.75, 3.05) is 13.1 Å². The number of aliphatic imine (C=N–C) groups is 1. The van der Waals surface area contributed by atoms with Crippen molar-refractivity contribution in [1.29, 1.82) is 0 Å². The van der Waals surface area contributed by atoms with Crippen molar-refractivity contribution in [1.82, 2.24) is 10.6 Å². The van der Waals surface area contributed by atoms with E-state index in [0.717, 1.165) is 18.9 Å². The fraction of sp³-hybridized carbons (Fsp3) is 0.417. The van der Waals surface area contributed by atoms with Crippen LogP contribution in [0.15, 0.2) is 29.3 Å². The molecule has 3 nitrogen and oxygen atoms in total. The minimum atomic E-state index is 0.431. The van der Waals surface area contributed by atoms with Gasteiger partial charge in [-0.05, 0) is 13.0 Å². The number of rotatable bonds is 1. The molecule has 1 aromatic carbocycles. The Morgan fingerprint density at radius 1 is 1.33 bits per heavy atom. The van der Waals surface area contributed by atoms with E-state index in [4.69, 9.17) is 4.99 Å². The van der Waals surface area contributed by atoms with Crippen molar-refractivity contribution in [2.45, 2.75) is 19.0 Å². The largest absolute Gasteiger partial charge is 0.364 e. The summed E-state index contributed by atoms with van der Waals surface area (Å²) in [7, 11) is 0. The topological polar surface area (TPSA) is 36.4 Å². The van der Waals surface area contributed by atoms with Gasteiger partial charge in [0.1, 0.15) is 5.84 Å². The molecule has 0 saturated carbocycles. The highest BCUT2D eigenvalue weighted by atomic mass is 15.2. The van der Waals surface area contributed by atoms with Gasteiger partial charge in [-0.3, -0.25) is 4.99 Å². The summed E-state index contributed by atoms with van der Waals surface area (Å²) in [4.78, 5) is 4.70. The first-order valence-corrected chi connectivity index (χ1v) is 5.45. The lowest BCUT2D eigenvalue weighted by Crippen LogP contribution is -2.35. The molecule has 2 atom stereocenters. The predicted octanol–water partition coefficient (Wildman–Crippen LogP) is 0.685. The third-order valence-corrected chi connectivity index (χ3v) is 3.09. The first-order chi connectivity index (χ1) is 7.33. The van der Waals surface area contributed by atoms with E-state index >= 15 is 0 Å². The molecule has 0 spiro atoms. The number of nitrogens with one attached hydrogen (secondary N) is 2. The second-order valence-corrected chi connectivity index (χ2v) is 4.32. The lowest BCUT2D eigenvalue weighted by molar-refractivity contribution is 0.637. The smallest absolute Gasteiger partial charge is 0.129 e. The molecular weight excluding hydrogens is 186 g/mol. The minimum absolute atomic E-state index is 0.431. The van der Waals surface area contributed by atoms with E-state index in [1.54, 1.807) is 0 Å². The zero-order valence-electron chi connectivity index (χ0n) is 8.83. The Hall–Kier alpha value is -1.35. The molecule has 0 amide bonds. The number of hydrogen-bond donors (Lipinski definition) is 2. The molecule has 1 aromatic rings. The van der Waals surface area contributed by atoms with Crippen LogP contribution >= 0.6 is 0 Å². The fourth-order valence-electron chi connectivity index (χ4n) is 2.28. The van der Waals surface area contributed by atoms with E-state index in [2.05, 4.69) is 41.8 Å². The van der Waals surface area contributed by atoms with Gasteiger partial charge in [0.2, 0.25) is 0 Å². The zero-order valence-corrected chi connectivity index (χ0v) is 8.83. The van der Waals surface area contributed by atoms with Crippen LogP contribution in [0.2, 0.25) is 0 Å². The van der Waals surface area contributed by atoms with E-state index in [-0.39, 0.29) is 0 Å². The van der Waals surface area contributed by atoms with E-state index in [9.17, 15) is 0 Å². The lowest BCUT2D eigenvalue weighted by Gasteiger charge is -2.08. The number of amidine groups is 1. The summed E-state index contributed by atoms with van der Waals surface area (Å²) >= 11 is 0. The van der Waals surface area contributed by atoms with Crippen LogP contribution in [0.5, 0.6) is 0 Å². The molecule has 1 fully saturated rings. The maximum Gasteiger partial charge on any atom is 0.129 e. The Bertz CT molecular complexity index is 411. The van der Waals surface area contributed by atoms with E-state index in [1.807, 2.05) is 0 Å². The average Bonchev–Trinajstić information content (AvgIpc) is 2.76. The van der Waals surface area contributed by atoms with Crippen molar-refractivity contribution < 1.29 is 0 Å². The Balaban J connectivity index is 1.90. The third kappa shape index (κ3) is 1.53. The molecule has 2 N–H and O–H groups in total. The first-order valence-electron chi connectivity index (χ1n) is 5.45. The monoisotopic (exact) mass is 201 g/mol. The highest BCUT2D eigenvalue weighted by Gasteiger charge is 2.32. The van der Waals surface area contributed by atoms with Crippen LogP contribution < -0.4 is 10.6 Å². The quantitative estimate of drug-likeness (QED) is 0.701. The van der Waals surface area contributed by atoms with Crippen LogP contribution in [0.25, 0.3) is 0 Å². The van der Waals surface area contributed by atoms with Crippen molar-refractivity contribution in [3.63, 3.8) is 0 Å². The normalized spacial score (nSPS) is 28.5. The van der Waals surface area contributed by atoms with Crippen molar-refractivity contribution in [3.8, 4) is 0 Å². The predicted molar refractivity (Wildman–Crippen MR) is 61.3 cm³/mol. The van der Waals surface area contributed by atoms with E-state index in [0.29, 0.717) is 12.1 Å². The second-order valence-electron chi connectivity index (χ2n) is 4.32.